The zero-order chi connectivity index (χ0) is 12.3. The van der Waals surface area contributed by atoms with Crippen LogP contribution in [0.3, 0.4) is 0 Å². The minimum Gasteiger partial charge on any atom is -0.505 e. The van der Waals surface area contributed by atoms with Crippen molar-refractivity contribution in [3.63, 3.8) is 0 Å². The van der Waals surface area contributed by atoms with Crippen molar-refractivity contribution >= 4 is 0 Å². The Bertz CT molecular complexity index is 384. The molecular formula is C13H18FNO2. The first-order valence-corrected chi connectivity index (χ1v) is 5.97. The number of benzene rings is 1. The van der Waals surface area contributed by atoms with Crippen LogP contribution in [0.5, 0.6) is 5.75 Å². The number of hydrogen-bond donors (Lipinski definition) is 2. The quantitative estimate of drug-likeness (QED) is 0.845. The van der Waals surface area contributed by atoms with Crippen LogP contribution in [-0.2, 0) is 11.3 Å². The van der Waals surface area contributed by atoms with Crippen LogP contribution in [0.1, 0.15) is 18.9 Å². The number of phenols is 1. The van der Waals surface area contributed by atoms with E-state index >= 15 is 0 Å². The number of para-hydroxylation sites is 1. The van der Waals surface area contributed by atoms with Crippen molar-refractivity contribution in [2.45, 2.75) is 26.0 Å². The predicted molar refractivity (Wildman–Crippen MR) is 63.3 cm³/mol. The second kappa shape index (κ2) is 5.47. The van der Waals surface area contributed by atoms with Gasteiger partial charge in [-0.25, -0.2) is 4.39 Å². The number of rotatable bonds is 4. The van der Waals surface area contributed by atoms with E-state index in [4.69, 9.17) is 4.74 Å². The van der Waals surface area contributed by atoms with E-state index in [1.54, 1.807) is 12.1 Å². The maximum Gasteiger partial charge on any atom is 0.165 e. The third kappa shape index (κ3) is 2.96. The van der Waals surface area contributed by atoms with Crippen molar-refractivity contribution < 1.29 is 14.2 Å². The normalized spacial score (nSPS) is 24.1. The van der Waals surface area contributed by atoms with E-state index in [-0.39, 0.29) is 11.9 Å². The third-order valence-corrected chi connectivity index (χ3v) is 3.33. The van der Waals surface area contributed by atoms with Gasteiger partial charge in [-0.1, -0.05) is 12.1 Å². The first kappa shape index (κ1) is 12.3. The molecule has 1 heterocycles. The molecule has 1 aromatic carbocycles. The van der Waals surface area contributed by atoms with Crippen molar-refractivity contribution in [1.82, 2.24) is 5.32 Å². The average Bonchev–Trinajstić information content (AvgIpc) is 2.71. The average molecular weight is 239 g/mol. The van der Waals surface area contributed by atoms with Crippen molar-refractivity contribution in [3.8, 4) is 5.75 Å². The molecule has 1 aromatic rings. The number of halogens is 1. The SMILES string of the molecule is CC1OCCC1CNCc1cccc(F)c1O. The molecule has 94 valence electrons. The van der Waals surface area contributed by atoms with Gasteiger partial charge >= 0.3 is 0 Å². The Hall–Kier alpha value is -1.13. The zero-order valence-electron chi connectivity index (χ0n) is 9.95. The second-order valence-corrected chi connectivity index (χ2v) is 4.50. The van der Waals surface area contributed by atoms with E-state index in [2.05, 4.69) is 12.2 Å². The summed E-state index contributed by atoms with van der Waals surface area (Å²) in [4.78, 5) is 0. The molecule has 1 saturated heterocycles. The lowest BCUT2D eigenvalue weighted by Gasteiger charge is -2.15. The summed E-state index contributed by atoms with van der Waals surface area (Å²) < 4.78 is 18.5. The van der Waals surface area contributed by atoms with Crippen LogP contribution in [0, 0.1) is 11.7 Å². The number of hydrogen-bond acceptors (Lipinski definition) is 3. The second-order valence-electron chi connectivity index (χ2n) is 4.50. The van der Waals surface area contributed by atoms with Crippen LogP contribution in [-0.4, -0.2) is 24.4 Å². The molecule has 0 spiro atoms. The molecule has 1 aliphatic heterocycles. The molecule has 2 atom stereocenters. The highest BCUT2D eigenvalue weighted by Crippen LogP contribution is 2.22. The first-order chi connectivity index (χ1) is 8.18. The van der Waals surface area contributed by atoms with E-state index in [0.717, 1.165) is 19.6 Å². The summed E-state index contributed by atoms with van der Waals surface area (Å²) in [5, 5.41) is 12.7. The van der Waals surface area contributed by atoms with E-state index in [9.17, 15) is 9.50 Å². The van der Waals surface area contributed by atoms with Gasteiger partial charge in [-0.3, -0.25) is 0 Å². The van der Waals surface area contributed by atoms with Crippen molar-refractivity contribution in [1.29, 1.82) is 0 Å². The Morgan fingerprint density at radius 1 is 1.53 bits per heavy atom. The maximum atomic E-state index is 13.1. The summed E-state index contributed by atoms with van der Waals surface area (Å²) in [6.07, 6.45) is 1.34. The van der Waals surface area contributed by atoms with Gasteiger partial charge in [-0.15, -0.1) is 0 Å². The molecule has 3 nitrogen and oxygen atoms in total. The summed E-state index contributed by atoms with van der Waals surface area (Å²) in [5.74, 6) is -0.316. The summed E-state index contributed by atoms with van der Waals surface area (Å²) in [5.41, 5.74) is 0.594. The first-order valence-electron chi connectivity index (χ1n) is 5.97. The Labute approximate surface area is 101 Å². The zero-order valence-corrected chi connectivity index (χ0v) is 9.95. The molecule has 0 bridgehead atoms. The number of nitrogens with one attached hydrogen (secondary N) is 1. The van der Waals surface area contributed by atoms with Crippen molar-refractivity contribution in [2.75, 3.05) is 13.2 Å². The van der Waals surface area contributed by atoms with E-state index in [1.807, 2.05) is 0 Å². The lowest BCUT2D eigenvalue weighted by Crippen LogP contribution is -2.26. The molecule has 0 aliphatic carbocycles. The van der Waals surface area contributed by atoms with Crippen LogP contribution < -0.4 is 5.32 Å². The van der Waals surface area contributed by atoms with Crippen LogP contribution in [0.15, 0.2) is 18.2 Å². The highest BCUT2D eigenvalue weighted by atomic mass is 19.1. The minimum absolute atomic E-state index is 0.254. The number of phenolic OH excluding ortho intramolecular Hbond substituents is 1. The topological polar surface area (TPSA) is 41.5 Å². The van der Waals surface area contributed by atoms with E-state index in [0.29, 0.717) is 18.0 Å². The molecule has 2 unspecified atom stereocenters. The van der Waals surface area contributed by atoms with E-state index in [1.165, 1.54) is 6.07 Å². The van der Waals surface area contributed by atoms with Gasteiger partial charge in [-0.2, -0.15) is 0 Å². The largest absolute Gasteiger partial charge is 0.505 e. The molecule has 0 amide bonds. The van der Waals surface area contributed by atoms with Crippen molar-refractivity contribution in [3.05, 3.63) is 29.6 Å². The van der Waals surface area contributed by atoms with Gasteiger partial charge < -0.3 is 15.2 Å². The van der Waals surface area contributed by atoms with Gasteiger partial charge in [0.05, 0.1) is 6.10 Å². The minimum atomic E-state index is -0.568. The van der Waals surface area contributed by atoms with Crippen LogP contribution >= 0.6 is 0 Å². The Morgan fingerprint density at radius 2 is 2.35 bits per heavy atom. The summed E-state index contributed by atoms with van der Waals surface area (Å²) in [7, 11) is 0. The summed E-state index contributed by atoms with van der Waals surface area (Å²) in [6.45, 7) is 4.20. The van der Waals surface area contributed by atoms with Gasteiger partial charge in [0, 0.05) is 25.3 Å². The van der Waals surface area contributed by atoms with Crippen LogP contribution in [0.2, 0.25) is 0 Å². The summed E-state index contributed by atoms with van der Waals surface area (Å²) >= 11 is 0. The van der Waals surface area contributed by atoms with Crippen LogP contribution in [0.25, 0.3) is 0 Å². The lowest BCUT2D eigenvalue weighted by atomic mass is 10.0. The maximum absolute atomic E-state index is 13.1. The van der Waals surface area contributed by atoms with Gasteiger partial charge in [0.25, 0.3) is 0 Å². The Kier molecular flexibility index (Phi) is 3.97. The smallest absolute Gasteiger partial charge is 0.165 e. The van der Waals surface area contributed by atoms with Gasteiger partial charge in [0.1, 0.15) is 0 Å². The molecule has 2 N–H and O–H groups in total. The third-order valence-electron chi connectivity index (χ3n) is 3.33. The molecule has 1 fully saturated rings. The van der Waals surface area contributed by atoms with Gasteiger partial charge in [0.2, 0.25) is 0 Å². The van der Waals surface area contributed by atoms with Gasteiger partial charge in [-0.05, 0) is 25.3 Å². The predicted octanol–water partition coefficient (Wildman–Crippen LogP) is 2.05. The van der Waals surface area contributed by atoms with Gasteiger partial charge in [0.15, 0.2) is 11.6 Å². The Balaban J connectivity index is 1.84. The number of ether oxygens (including phenoxy) is 1. The highest BCUT2D eigenvalue weighted by Gasteiger charge is 2.23. The molecule has 1 aliphatic rings. The fourth-order valence-electron chi connectivity index (χ4n) is 2.14. The molecule has 0 radical (unpaired) electrons. The molecule has 4 heteroatoms. The standard InChI is InChI=1S/C13H18FNO2/c1-9-10(5-6-17-9)7-15-8-11-3-2-4-12(14)13(11)16/h2-4,9-10,15-16H,5-8H2,1H3. The monoisotopic (exact) mass is 239 g/mol. The van der Waals surface area contributed by atoms with Crippen LogP contribution in [0.4, 0.5) is 4.39 Å². The highest BCUT2D eigenvalue weighted by molar-refractivity contribution is 5.33. The molecular weight excluding hydrogens is 221 g/mol. The number of aromatic hydroxyl groups is 1. The molecule has 0 saturated carbocycles. The fraction of sp³-hybridized carbons (Fsp3) is 0.538. The lowest BCUT2D eigenvalue weighted by molar-refractivity contribution is 0.105. The fourth-order valence-corrected chi connectivity index (χ4v) is 2.14. The molecule has 2 rings (SSSR count). The van der Waals surface area contributed by atoms with Crippen molar-refractivity contribution in [2.24, 2.45) is 5.92 Å². The molecule has 17 heavy (non-hydrogen) atoms. The van der Waals surface area contributed by atoms with E-state index < -0.39 is 5.82 Å². The Morgan fingerprint density at radius 3 is 3.06 bits per heavy atom. The summed E-state index contributed by atoms with van der Waals surface area (Å²) in [6, 6.07) is 4.58. The molecule has 0 aromatic heterocycles.